The first-order chi connectivity index (χ1) is 13.3. The molecule has 0 saturated heterocycles. The zero-order chi connectivity index (χ0) is 20.1. The molecule has 0 amide bonds. The SMILES string of the molecule is Cc1nnc2sc3c(NCc4ccc(C(C)(C)O)cc4F)ncnc3c2c1C. The van der Waals surface area contributed by atoms with Crippen LogP contribution in [-0.4, -0.2) is 25.3 Å². The lowest BCUT2D eigenvalue weighted by Crippen LogP contribution is -2.16. The molecule has 0 aliphatic carbocycles. The van der Waals surface area contributed by atoms with Gasteiger partial charge in [-0.2, -0.15) is 5.10 Å². The third-order valence-corrected chi connectivity index (χ3v) is 5.94. The minimum absolute atomic E-state index is 0.266. The molecule has 0 saturated carbocycles. The summed E-state index contributed by atoms with van der Waals surface area (Å²) in [6.45, 7) is 7.46. The predicted octanol–water partition coefficient (Wildman–Crippen LogP) is 4.23. The fourth-order valence-electron chi connectivity index (χ4n) is 3.06. The van der Waals surface area contributed by atoms with Gasteiger partial charge in [0.05, 0.1) is 21.5 Å². The molecule has 0 unspecified atom stereocenters. The zero-order valence-electron chi connectivity index (χ0n) is 16.0. The van der Waals surface area contributed by atoms with Crippen molar-refractivity contribution < 1.29 is 9.50 Å². The maximum absolute atomic E-state index is 14.5. The Balaban J connectivity index is 1.69. The van der Waals surface area contributed by atoms with Crippen molar-refractivity contribution >= 4 is 37.6 Å². The molecule has 28 heavy (non-hydrogen) atoms. The number of aryl methyl sites for hydroxylation is 2. The van der Waals surface area contributed by atoms with E-state index in [1.54, 1.807) is 26.0 Å². The summed E-state index contributed by atoms with van der Waals surface area (Å²) in [4.78, 5) is 9.57. The number of rotatable bonds is 4. The van der Waals surface area contributed by atoms with Gasteiger partial charge in [0.25, 0.3) is 0 Å². The van der Waals surface area contributed by atoms with Crippen LogP contribution in [-0.2, 0) is 12.1 Å². The number of aromatic nitrogens is 4. The number of aliphatic hydroxyl groups is 1. The van der Waals surface area contributed by atoms with Crippen LogP contribution in [0.4, 0.5) is 10.2 Å². The van der Waals surface area contributed by atoms with E-state index in [-0.39, 0.29) is 12.4 Å². The Bertz CT molecular complexity index is 1200. The summed E-state index contributed by atoms with van der Waals surface area (Å²) in [6, 6.07) is 4.78. The van der Waals surface area contributed by atoms with Crippen LogP contribution >= 0.6 is 11.3 Å². The van der Waals surface area contributed by atoms with Gasteiger partial charge in [0, 0.05) is 17.5 Å². The van der Waals surface area contributed by atoms with Crippen molar-refractivity contribution in [1.29, 1.82) is 0 Å². The highest BCUT2D eigenvalue weighted by Crippen LogP contribution is 2.36. The van der Waals surface area contributed by atoms with Crippen molar-refractivity contribution in [3.05, 3.63) is 52.7 Å². The summed E-state index contributed by atoms with van der Waals surface area (Å²) >= 11 is 1.47. The smallest absolute Gasteiger partial charge is 0.149 e. The minimum atomic E-state index is -1.08. The van der Waals surface area contributed by atoms with Crippen LogP contribution in [0.25, 0.3) is 20.4 Å². The summed E-state index contributed by atoms with van der Waals surface area (Å²) < 4.78 is 15.3. The van der Waals surface area contributed by atoms with Gasteiger partial charge in [-0.3, -0.25) is 0 Å². The van der Waals surface area contributed by atoms with Gasteiger partial charge in [-0.15, -0.1) is 16.4 Å². The van der Waals surface area contributed by atoms with E-state index in [0.717, 1.165) is 31.7 Å². The molecule has 0 aliphatic heterocycles. The van der Waals surface area contributed by atoms with Crippen LogP contribution < -0.4 is 5.32 Å². The Morgan fingerprint density at radius 2 is 1.96 bits per heavy atom. The highest BCUT2D eigenvalue weighted by molar-refractivity contribution is 7.25. The van der Waals surface area contributed by atoms with Crippen LogP contribution in [0.2, 0.25) is 0 Å². The van der Waals surface area contributed by atoms with Gasteiger partial charge in [0.1, 0.15) is 22.8 Å². The Morgan fingerprint density at radius 1 is 1.18 bits per heavy atom. The van der Waals surface area contributed by atoms with E-state index in [0.29, 0.717) is 16.9 Å². The molecule has 0 atom stereocenters. The van der Waals surface area contributed by atoms with E-state index in [1.165, 1.54) is 23.7 Å². The molecular weight excluding hydrogens is 377 g/mol. The summed E-state index contributed by atoms with van der Waals surface area (Å²) in [7, 11) is 0. The number of anilines is 1. The van der Waals surface area contributed by atoms with Crippen molar-refractivity contribution in [2.45, 2.75) is 39.8 Å². The number of thiophene rings is 1. The lowest BCUT2D eigenvalue weighted by molar-refractivity contribution is 0.0782. The monoisotopic (exact) mass is 397 g/mol. The van der Waals surface area contributed by atoms with Gasteiger partial charge < -0.3 is 10.4 Å². The Morgan fingerprint density at radius 3 is 2.68 bits per heavy atom. The predicted molar refractivity (Wildman–Crippen MR) is 109 cm³/mol. The molecule has 2 N–H and O–H groups in total. The molecule has 144 valence electrons. The van der Waals surface area contributed by atoms with Crippen LogP contribution in [0, 0.1) is 19.7 Å². The van der Waals surface area contributed by atoms with E-state index in [1.807, 2.05) is 13.8 Å². The topological polar surface area (TPSA) is 83.8 Å². The Kier molecular flexibility index (Phi) is 4.47. The first-order valence-corrected chi connectivity index (χ1v) is 9.69. The van der Waals surface area contributed by atoms with E-state index in [4.69, 9.17) is 0 Å². The molecule has 6 nitrogen and oxygen atoms in total. The van der Waals surface area contributed by atoms with Gasteiger partial charge >= 0.3 is 0 Å². The Hall–Kier alpha value is -2.71. The number of hydrogen-bond acceptors (Lipinski definition) is 7. The normalized spacial score (nSPS) is 12.1. The zero-order valence-corrected chi connectivity index (χ0v) is 16.9. The fourth-order valence-corrected chi connectivity index (χ4v) is 4.16. The van der Waals surface area contributed by atoms with Crippen molar-refractivity contribution in [2.24, 2.45) is 0 Å². The van der Waals surface area contributed by atoms with Crippen molar-refractivity contribution in [3.63, 3.8) is 0 Å². The molecule has 0 bridgehead atoms. The van der Waals surface area contributed by atoms with Gasteiger partial charge in [-0.05, 0) is 44.9 Å². The van der Waals surface area contributed by atoms with Crippen molar-refractivity contribution in [3.8, 4) is 0 Å². The first kappa shape index (κ1) is 18.6. The maximum Gasteiger partial charge on any atom is 0.149 e. The molecular formula is C20H20FN5OS. The number of fused-ring (bicyclic) bond motifs is 3. The van der Waals surface area contributed by atoms with Crippen molar-refractivity contribution in [1.82, 2.24) is 20.2 Å². The molecule has 4 rings (SSSR count). The summed E-state index contributed by atoms with van der Waals surface area (Å²) in [5, 5.41) is 22.7. The van der Waals surface area contributed by atoms with E-state index in [9.17, 15) is 9.50 Å². The molecule has 1 aromatic carbocycles. The average molecular weight is 397 g/mol. The van der Waals surface area contributed by atoms with E-state index in [2.05, 4.69) is 25.5 Å². The highest BCUT2D eigenvalue weighted by atomic mass is 32.1. The lowest BCUT2D eigenvalue weighted by atomic mass is 9.97. The third-order valence-electron chi connectivity index (χ3n) is 4.87. The first-order valence-electron chi connectivity index (χ1n) is 8.88. The number of benzene rings is 1. The minimum Gasteiger partial charge on any atom is -0.386 e. The number of halogens is 1. The van der Waals surface area contributed by atoms with Crippen LogP contribution in [0.1, 0.15) is 36.2 Å². The van der Waals surface area contributed by atoms with Gasteiger partial charge in [0.15, 0.2) is 0 Å². The van der Waals surface area contributed by atoms with Crippen LogP contribution in [0.15, 0.2) is 24.5 Å². The molecule has 3 heterocycles. The molecule has 0 aliphatic rings. The molecule has 3 aromatic heterocycles. The number of hydrogen-bond donors (Lipinski definition) is 2. The van der Waals surface area contributed by atoms with E-state index < -0.39 is 5.60 Å². The molecule has 8 heteroatoms. The van der Waals surface area contributed by atoms with E-state index >= 15 is 0 Å². The van der Waals surface area contributed by atoms with Crippen LogP contribution in [0.5, 0.6) is 0 Å². The second-order valence-corrected chi connectivity index (χ2v) is 8.31. The second kappa shape index (κ2) is 6.72. The number of nitrogens with zero attached hydrogens (tertiary/aromatic N) is 4. The standard InChI is InChI=1S/C20H20FN5OS/c1-10-11(2)25-26-19-15(10)16-17(28-19)18(24-9-23-16)22-8-12-5-6-13(7-14(12)21)20(3,4)27/h5-7,9,27H,8H2,1-4H3,(H,22,23,24). The lowest BCUT2D eigenvalue weighted by Gasteiger charge is -2.18. The van der Waals surface area contributed by atoms with Crippen molar-refractivity contribution in [2.75, 3.05) is 5.32 Å². The molecule has 4 aromatic rings. The summed E-state index contributed by atoms with van der Waals surface area (Å²) in [5.74, 6) is 0.266. The highest BCUT2D eigenvalue weighted by Gasteiger charge is 2.19. The quantitative estimate of drug-likeness (QED) is 0.536. The fraction of sp³-hybridized carbons (Fsp3) is 0.300. The van der Waals surface area contributed by atoms with Gasteiger partial charge in [-0.1, -0.05) is 12.1 Å². The average Bonchev–Trinajstić information content (AvgIpc) is 3.03. The molecule has 0 spiro atoms. The Labute approximate surface area is 165 Å². The maximum atomic E-state index is 14.5. The summed E-state index contributed by atoms with van der Waals surface area (Å²) in [6.07, 6.45) is 1.50. The third kappa shape index (κ3) is 3.18. The number of nitrogens with one attached hydrogen (secondary N) is 1. The van der Waals surface area contributed by atoms with Gasteiger partial charge in [0.2, 0.25) is 0 Å². The summed E-state index contributed by atoms with van der Waals surface area (Å²) in [5.41, 5.74) is 2.69. The molecule has 0 radical (unpaired) electrons. The second-order valence-electron chi connectivity index (χ2n) is 7.31. The van der Waals surface area contributed by atoms with Crippen LogP contribution in [0.3, 0.4) is 0 Å². The molecule has 0 fully saturated rings. The largest absolute Gasteiger partial charge is 0.386 e. The van der Waals surface area contributed by atoms with Gasteiger partial charge in [-0.25, -0.2) is 14.4 Å².